The topological polar surface area (TPSA) is 64.0 Å². The third kappa shape index (κ3) is 3.12. The number of fused-ring (bicyclic) bond motifs is 1. The van der Waals surface area contributed by atoms with E-state index in [1.807, 2.05) is 6.20 Å². The van der Waals surface area contributed by atoms with E-state index in [1.54, 1.807) is 11.8 Å². The molecular weight excluding hydrogens is 313 g/mol. The van der Waals surface area contributed by atoms with Crippen molar-refractivity contribution in [2.24, 2.45) is 0 Å². The van der Waals surface area contributed by atoms with Gasteiger partial charge in [0.2, 0.25) is 10.0 Å². The second-order valence-electron chi connectivity index (χ2n) is 4.63. The Kier molecular flexibility index (Phi) is 4.01. The first-order valence-electron chi connectivity index (χ1n) is 6.49. The molecule has 1 aromatic heterocycles. The van der Waals surface area contributed by atoms with Gasteiger partial charge in [0.25, 0.3) is 0 Å². The van der Waals surface area contributed by atoms with Crippen LogP contribution in [0.25, 0.3) is 0 Å². The Bertz CT molecular complexity index is 737. The Morgan fingerprint density at radius 2 is 2.19 bits per heavy atom. The highest BCUT2D eigenvalue weighted by Crippen LogP contribution is 2.24. The van der Waals surface area contributed by atoms with Crippen LogP contribution in [0.3, 0.4) is 0 Å². The zero-order valence-corrected chi connectivity index (χ0v) is 12.8. The summed E-state index contributed by atoms with van der Waals surface area (Å²) in [5.41, 5.74) is 0.841. The molecule has 1 aliphatic rings. The Hall–Kier alpha value is -1.38. The minimum absolute atomic E-state index is 0.192. The lowest BCUT2D eigenvalue weighted by atomic mass is 10.3. The second-order valence-corrected chi connectivity index (χ2v) is 7.43. The quantitative estimate of drug-likeness (QED) is 0.907. The molecule has 1 aromatic carbocycles. The fraction of sp³-hybridized carbons (Fsp3) is 0.308. The van der Waals surface area contributed by atoms with Gasteiger partial charge in [-0.25, -0.2) is 22.5 Å². The minimum atomic E-state index is -3.82. The predicted molar refractivity (Wildman–Crippen MR) is 78.2 cm³/mol. The minimum Gasteiger partial charge on any atom is -0.325 e. The Labute approximate surface area is 126 Å². The largest absolute Gasteiger partial charge is 0.325 e. The monoisotopic (exact) mass is 327 g/mol. The molecule has 8 heteroatoms. The maximum Gasteiger partial charge on any atom is 0.243 e. The molecule has 0 atom stereocenters. The van der Waals surface area contributed by atoms with Crippen molar-refractivity contribution in [1.29, 1.82) is 0 Å². The highest BCUT2D eigenvalue weighted by Gasteiger charge is 2.18. The summed E-state index contributed by atoms with van der Waals surface area (Å²) >= 11 is 1.69. The molecule has 0 amide bonds. The van der Waals surface area contributed by atoms with Crippen LogP contribution >= 0.6 is 11.8 Å². The van der Waals surface area contributed by atoms with E-state index in [2.05, 4.69) is 14.3 Å². The van der Waals surface area contributed by atoms with E-state index in [0.29, 0.717) is 6.42 Å². The summed E-state index contributed by atoms with van der Waals surface area (Å²) in [7, 11) is -3.82. The molecule has 0 aliphatic carbocycles. The standard InChI is InChI=1S/C13H14FN3O2S2/c14-11-3-1-2-4-12(11)21(18,19)15-6-5-10-9-17-7-8-20-13(17)16-10/h1-4,9,15H,5-8H2. The summed E-state index contributed by atoms with van der Waals surface area (Å²) in [4.78, 5) is 4.09. The van der Waals surface area contributed by atoms with Gasteiger partial charge in [0.05, 0.1) is 5.69 Å². The Balaban J connectivity index is 1.63. The molecule has 0 saturated carbocycles. The molecule has 0 radical (unpaired) electrons. The molecule has 0 spiro atoms. The van der Waals surface area contributed by atoms with Gasteiger partial charge in [-0.15, -0.1) is 0 Å². The Morgan fingerprint density at radius 1 is 1.38 bits per heavy atom. The number of aromatic nitrogens is 2. The lowest BCUT2D eigenvalue weighted by Gasteiger charge is -2.06. The van der Waals surface area contributed by atoms with Gasteiger partial charge in [0.1, 0.15) is 10.7 Å². The predicted octanol–water partition coefficient (Wildman–Crippen LogP) is 1.65. The number of halogens is 1. The van der Waals surface area contributed by atoms with Crippen LogP contribution in [0.2, 0.25) is 0 Å². The van der Waals surface area contributed by atoms with E-state index in [4.69, 9.17) is 0 Å². The fourth-order valence-electron chi connectivity index (χ4n) is 2.14. The molecule has 21 heavy (non-hydrogen) atoms. The van der Waals surface area contributed by atoms with Crippen LogP contribution in [-0.2, 0) is 23.0 Å². The number of nitrogens with zero attached hydrogens (tertiary/aromatic N) is 2. The van der Waals surface area contributed by atoms with Gasteiger partial charge < -0.3 is 4.57 Å². The molecule has 3 rings (SSSR count). The van der Waals surface area contributed by atoms with E-state index in [9.17, 15) is 12.8 Å². The van der Waals surface area contributed by atoms with Gasteiger partial charge in [-0.05, 0) is 12.1 Å². The first kappa shape index (κ1) is 14.6. The van der Waals surface area contributed by atoms with E-state index in [0.717, 1.165) is 29.2 Å². The average molecular weight is 327 g/mol. The van der Waals surface area contributed by atoms with Crippen molar-refractivity contribution in [3.63, 3.8) is 0 Å². The molecule has 5 nitrogen and oxygen atoms in total. The maximum atomic E-state index is 13.5. The number of rotatable bonds is 5. The molecule has 1 N–H and O–H groups in total. The number of thioether (sulfide) groups is 1. The lowest BCUT2D eigenvalue weighted by Crippen LogP contribution is -2.26. The zero-order valence-electron chi connectivity index (χ0n) is 11.1. The summed E-state index contributed by atoms with van der Waals surface area (Å²) in [5.74, 6) is 0.282. The molecule has 0 saturated heterocycles. The van der Waals surface area contributed by atoms with E-state index in [1.165, 1.54) is 18.2 Å². The number of sulfonamides is 1. The van der Waals surface area contributed by atoms with Gasteiger partial charge in [0, 0.05) is 31.5 Å². The Morgan fingerprint density at radius 3 is 2.95 bits per heavy atom. The third-order valence-electron chi connectivity index (χ3n) is 3.15. The highest BCUT2D eigenvalue weighted by molar-refractivity contribution is 7.99. The van der Waals surface area contributed by atoms with Crippen molar-refractivity contribution < 1.29 is 12.8 Å². The second kappa shape index (κ2) is 5.78. The van der Waals surface area contributed by atoms with Crippen molar-refractivity contribution in [1.82, 2.24) is 14.3 Å². The highest BCUT2D eigenvalue weighted by atomic mass is 32.2. The number of nitrogens with one attached hydrogen (secondary N) is 1. The maximum absolute atomic E-state index is 13.5. The molecule has 2 aromatic rings. The molecule has 0 unspecified atom stereocenters. The third-order valence-corrected chi connectivity index (χ3v) is 5.62. The SMILES string of the molecule is O=S(=O)(NCCc1cn2c(n1)SCC2)c1ccccc1F. The van der Waals surface area contributed by atoms with Crippen molar-refractivity contribution >= 4 is 21.8 Å². The van der Waals surface area contributed by atoms with Gasteiger partial charge in [-0.1, -0.05) is 23.9 Å². The van der Waals surface area contributed by atoms with Crippen LogP contribution in [0, 0.1) is 5.82 Å². The van der Waals surface area contributed by atoms with Crippen molar-refractivity contribution in [2.45, 2.75) is 23.0 Å². The molecule has 2 heterocycles. The number of aryl methyl sites for hydroxylation is 1. The van der Waals surface area contributed by atoms with Crippen LogP contribution < -0.4 is 4.72 Å². The zero-order chi connectivity index (χ0) is 14.9. The average Bonchev–Trinajstić information content (AvgIpc) is 2.99. The summed E-state index contributed by atoms with van der Waals surface area (Å²) in [5, 5.41) is 0.974. The van der Waals surface area contributed by atoms with E-state index in [-0.39, 0.29) is 11.4 Å². The number of benzene rings is 1. The van der Waals surface area contributed by atoms with Gasteiger partial charge in [0.15, 0.2) is 5.16 Å². The summed E-state index contributed by atoms with van der Waals surface area (Å²) in [6.07, 6.45) is 2.42. The van der Waals surface area contributed by atoms with Crippen molar-refractivity contribution in [3.05, 3.63) is 42.0 Å². The van der Waals surface area contributed by atoms with Crippen LogP contribution in [0.1, 0.15) is 5.69 Å². The van der Waals surface area contributed by atoms with Gasteiger partial charge in [-0.3, -0.25) is 0 Å². The molecule has 0 bridgehead atoms. The number of hydrogen-bond donors (Lipinski definition) is 1. The normalized spacial score (nSPS) is 14.3. The van der Waals surface area contributed by atoms with Crippen molar-refractivity contribution in [2.75, 3.05) is 12.3 Å². The molecule has 0 fully saturated rings. The van der Waals surface area contributed by atoms with E-state index >= 15 is 0 Å². The number of hydrogen-bond acceptors (Lipinski definition) is 4. The summed E-state index contributed by atoms with van der Waals surface area (Å²) in [6.45, 7) is 1.13. The van der Waals surface area contributed by atoms with E-state index < -0.39 is 15.8 Å². The first-order valence-corrected chi connectivity index (χ1v) is 8.96. The smallest absolute Gasteiger partial charge is 0.243 e. The van der Waals surface area contributed by atoms with Crippen LogP contribution in [-0.4, -0.2) is 30.3 Å². The summed E-state index contributed by atoms with van der Waals surface area (Å²) < 4.78 is 42.0. The molecular formula is C13H14FN3O2S2. The fourth-order valence-corrected chi connectivity index (χ4v) is 4.21. The first-order chi connectivity index (χ1) is 10.1. The van der Waals surface area contributed by atoms with Gasteiger partial charge >= 0.3 is 0 Å². The van der Waals surface area contributed by atoms with Crippen LogP contribution in [0.5, 0.6) is 0 Å². The van der Waals surface area contributed by atoms with Crippen LogP contribution in [0.15, 0.2) is 40.5 Å². The van der Waals surface area contributed by atoms with Crippen molar-refractivity contribution in [3.8, 4) is 0 Å². The molecule has 112 valence electrons. The summed E-state index contributed by atoms with van der Waals surface area (Å²) in [6, 6.07) is 5.33. The van der Waals surface area contributed by atoms with Crippen LogP contribution in [0.4, 0.5) is 4.39 Å². The lowest BCUT2D eigenvalue weighted by molar-refractivity contribution is 0.557. The number of imidazole rings is 1. The van der Waals surface area contributed by atoms with Gasteiger partial charge in [-0.2, -0.15) is 0 Å². The molecule has 1 aliphatic heterocycles.